The second-order valence-corrected chi connectivity index (χ2v) is 4.67. The Hall–Kier alpha value is -0.320. The molecule has 16 heavy (non-hydrogen) atoms. The molecule has 2 rings (SSSR count). The van der Waals surface area contributed by atoms with Crippen LogP contribution in [0.4, 0.5) is 0 Å². The van der Waals surface area contributed by atoms with Crippen molar-refractivity contribution in [3.05, 3.63) is 0 Å². The van der Waals surface area contributed by atoms with Crippen LogP contribution in [0.25, 0.3) is 0 Å². The number of carbonyl (C=O) groups excluding carboxylic acids is 1. The van der Waals surface area contributed by atoms with E-state index < -0.39 is 0 Å². The number of amides is 1. The van der Waals surface area contributed by atoms with E-state index in [0.717, 1.165) is 26.2 Å². The Balaban J connectivity index is 0.00000128. The number of halogens is 1. The van der Waals surface area contributed by atoms with Crippen molar-refractivity contribution >= 4 is 18.3 Å². The molecule has 2 heterocycles. The molecular weight excluding hydrogens is 228 g/mol. The second-order valence-electron chi connectivity index (χ2n) is 4.67. The molecule has 5 heteroatoms. The van der Waals surface area contributed by atoms with E-state index in [1.54, 1.807) is 0 Å². The lowest BCUT2D eigenvalue weighted by Crippen LogP contribution is -2.53. The summed E-state index contributed by atoms with van der Waals surface area (Å²) in [5, 5.41) is 3.21. The summed E-state index contributed by atoms with van der Waals surface area (Å²) in [6.45, 7) is 8.25. The van der Waals surface area contributed by atoms with Crippen molar-refractivity contribution in [2.45, 2.75) is 20.0 Å². The number of hydrogen-bond donors (Lipinski definition) is 1. The monoisotopic (exact) mass is 248 g/mol. The molecule has 2 fully saturated rings. The van der Waals surface area contributed by atoms with Crippen LogP contribution >= 0.6 is 12.4 Å². The highest BCUT2D eigenvalue weighted by Crippen LogP contribution is 2.19. The Morgan fingerprint density at radius 1 is 1.50 bits per heavy atom. The predicted octanol–water partition coefficient (Wildman–Crippen LogP) is 0.511. The van der Waals surface area contributed by atoms with Gasteiger partial charge in [-0.2, -0.15) is 0 Å². The largest absolute Gasteiger partial charge is 0.375 e. The molecule has 0 bridgehead atoms. The molecule has 2 unspecified atom stereocenters. The Morgan fingerprint density at radius 2 is 2.19 bits per heavy atom. The Labute approximate surface area is 103 Å². The maximum atomic E-state index is 12.1. The van der Waals surface area contributed by atoms with Crippen LogP contribution in [0.3, 0.4) is 0 Å². The molecule has 2 aliphatic rings. The normalized spacial score (nSPS) is 27.9. The van der Waals surface area contributed by atoms with Crippen molar-refractivity contribution < 1.29 is 9.53 Å². The van der Waals surface area contributed by atoms with Gasteiger partial charge in [-0.15, -0.1) is 12.4 Å². The number of hydrogen-bond acceptors (Lipinski definition) is 3. The third kappa shape index (κ3) is 2.87. The molecule has 0 aliphatic carbocycles. The first-order valence-corrected chi connectivity index (χ1v) is 5.79. The molecule has 0 saturated carbocycles. The van der Waals surface area contributed by atoms with E-state index in [1.165, 1.54) is 0 Å². The average molecular weight is 249 g/mol. The molecule has 0 aromatic carbocycles. The Kier molecular flexibility index (Phi) is 5.02. The lowest BCUT2D eigenvalue weighted by Gasteiger charge is -2.37. The summed E-state index contributed by atoms with van der Waals surface area (Å²) in [4.78, 5) is 14.1. The number of nitrogens with one attached hydrogen (secondary N) is 1. The summed E-state index contributed by atoms with van der Waals surface area (Å²) < 4.78 is 5.43. The number of ether oxygens (including phenoxy) is 1. The summed E-state index contributed by atoms with van der Waals surface area (Å²) in [7, 11) is 0. The minimum atomic E-state index is 0. The van der Waals surface area contributed by atoms with Gasteiger partial charge in [-0.1, -0.05) is 6.92 Å². The van der Waals surface area contributed by atoms with Gasteiger partial charge in [0.1, 0.15) is 0 Å². The SMILES string of the molecule is CC1CN(C(=O)C(C)C2CNC2)CCO1.Cl. The highest BCUT2D eigenvalue weighted by Gasteiger charge is 2.32. The molecule has 0 radical (unpaired) electrons. The molecule has 4 nitrogen and oxygen atoms in total. The van der Waals surface area contributed by atoms with Crippen LogP contribution in [-0.4, -0.2) is 49.7 Å². The minimum absolute atomic E-state index is 0. The van der Waals surface area contributed by atoms with E-state index in [0.29, 0.717) is 18.4 Å². The number of nitrogens with zero attached hydrogens (tertiary/aromatic N) is 1. The lowest BCUT2D eigenvalue weighted by atomic mass is 9.88. The van der Waals surface area contributed by atoms with Crippen molar-refractivity contribution in [2.24, 2.45) is 11.8 Å². The standard InChI is InChI=1S/C11H20N2O2.ClH/c1-8-7-13(3-4-15-8)11(14)9(2)10-5-12-6-10;/h8-10,12H,3-7H2,1-2H3;1H. The number of morpholine rings is 1. The lowest BCUT2D eigenvalue weighted by molar-refractivity contribution is -0.144. The minimum Gasteiger partial charge on any atom is -0.375 e. The first-order chi connectivity index (χ1) is 7.18. The van der Waals surface area contributed by atoms with Gasteiger partial charge in [-0.3, -0.25) is 4.79 Å². The molecule has 2 atom stereocenters. The smallest absolute Gasteiger partial charge is 0.225 e. The van der Waals surface area contributed by atoms with Crippen LogP contribution in [0.15, 0.2) is 0 Å². The Morgan fingerprint density at radius 3 is 2.69 bits per heavy atom. The van der Waals surface area contributed by atoms with Crippen LogP contribution in [0.2, 0.25) is 0 Å². The van der Waals surface area contributed by atoms with Gasteiger partial charge in [-0.25, -0.2) is 0 Å². The van der Waals surface area contributed by atoms with E-state index in [9.17, 15) is 4.79 Å². The van der Waals surface area contributed by atoms with Gasteiger partial charge >= 0.3 is 0 Å². The van der Waals surface area contributed by atoms with E-state index in [-0.39, 0.29) is 24.4 Å². The first kappa shape index (κ1) is 13.7. The van der Waals surface area contributed by atoms with Crippen LogP contribution in [0, 0.1) is 11.8 Å². The molecule has 0 aromatic rings. The van der Waals surface area contributed by atoms with Crippen molar-refractivity contribution in [1.82, 2.24) is 10.2 Å². The summed E-state index contributed by atoms with van der Waals surface area (Å²) in [6.07, 6.45) is 0.189. The van der Waals surface area contributed by atoms with E-state index in [2.05, 4.69) is 5.32 Å². The van der Waals surface area contributed by atoms with Crippen molar-refractivity contribution in [3.8, 4) is 0 Å². The topological polar surface area (TPSA) is 41.6 Å². The van der Waals surface area contributed by atoms with Crippen molar-refractivity contribution in [2.75, 3.05) is 32.8 Å². The maximum absolute atomic E-state index is 12.1. The zero-order chi connectivity index (χ0) is 10.8. The van der Waals surface area contributed by atoms with Gasteiger partial charge < -0.3 is 15.0 Å². The van der Waals surface area contributed by atoms with Crippen LogP contribution in [0.5, 0.6) is 0 Å². The highest BCUT2D eigenvalue weighted by atomic mass is 35.5. The summed E-state index contributed by atoms with van der Waals surface area (Å²) in [5.41, 5.74) is 0. The third-order valence-corrected chi connectivity index (χ3v) is 3.46. The van der Waals surface area contributed by atoms with Crippen molar-refractivity contribution in [3.63, 3.8) is 0 Å². The maximum Gasteiger partial charge on any atom is 0.225 e. The zero-order valence-electron chi connectivity index (χ0n) is 9.94. The fourth-order valence-corrected chi connectivity index (χ4v) is 2.17. The highest BCUT2D eigenvalue weighted by molar-refractivity contribution is 5.85. The molecule has 2 saturated heterocycles. The zero-order valence-corrected chi connectivity index (χ0v) is 10.8. The molecule has 0 spiro atoms. The summed E-state index contributed by atoms with van der Waals surface area (Å²) in [6, 6.07) is 0. The van der Waals surface area contributed by atoms with E-state index >= 15 is 0 Å². The van der Waals surface area contributed by atoms with Gasteiger partial charge in [0, 0.05) is 19.0 Å². The molecule has 0 aromatic heterocycles. The van der Waals surface area contributed by atoms with Crippen LogP contribution in [0.1, 0.15) is 13.8 Å². The fourth-order valence-electron chi connectivity index (χ4n) is 2.17. The summed E-state index contributed by atoms with van der Waals surface area (Å²) >= 11 is 0. The van der Waals surface area contributed by atoms with E-state index in [4.69, 9.17) is 4.74 Å². The molecule has 2 aliphatic heterocycles. The number of rotatable bonds is 2. The molecule has 1 N–H and O–H groups in total. The van der Waals surface area contributed by atoms with Gasteiger partial charge in [0.05, 0.1) is 12.7 Å². The van der Waals surface area contributed by atoms with Gasteiger partial charge in [-0.05, 0) is 25.9 Å². The van der Waals surface area contributed by atoms with Gasteiger partial charge in [0.15, 0.2) is 0 Å². The summed E-state index contributed by atoms with van der Waals surface area (Å²) in [5.74, 6) is 1.00. The average Bonchev–Trinajstić information content (AvgIpc) is 2.14. The molecule has 94 valence electrons. The first-order valence-electron chi connectivity index (χ1n) is 5.79. The van der Waals surface area contributed by atoms with Gasteiger partial charge in [0.25, 0.3) is 0 Å². The quantitative estimate of drug-likeness (QED) is 0.775. The van der Waals surface area contributed by atoms with Crippen LogP contribution in [-0.2, 0) is 9.53 Å². The fraction of sp³-hybridized carbons (Fsp3) is 0.909. The molecule has 1 amide bonds. The molecular formula is C11H21ClN2O2. The van der Waals surface area contributed by atoms with Crippen molar-refractivity contribution in [1.29, 1.82) is 0 Å². The van der Waals surface area contributed by atoms with Gasteiger partial charge in [0.2, 0.25) is 5.91 Å². The predicted molar refractivity (Wildman–Crippen MR) is 64.8 cm³/mol. The second kappa shape index (κ2) is 5.84. The Bertz CT molecular complexity index is 246. The third-order valence-electron chi connectivity index (χ3n) is 3.46. The van der Waals surface area contributed by atoms with E-state index in [1.807, 2.05) is 18.7 Å². The number of carbonyl (C=O) groups is 1. The van der Waals surface area contributed by atoms with Crippen LogP contribution < -0.4 is 5.32 Å².